The lowest BCUT2D eigenvalue weighted by atomic mass is 9.82. The number of hydrogen-bond acceptors (Lipinski definition) is 2. The largest absolute Gasteiger partial charge is 0.350 e. The SMILES string of the molecule is Cc1cccc(N2C(=O)c3ccccc3C[C@]2(C)C(=O)NCc2ccccc2)c1. The predicted molar refractivity (Wildman–Crippen MR) is 115 cm³/mol. The average Bonchev–Trinajstić information content (AvgIpc) is 2.73. The van der Waals surface area contributed by atoms with Crippen LogP contribution < -0.4 is 10.2 Å². The van der Waals surface area contributed by atoms with Crippen LogP contribution in [0.3, 0.4) is 0 Å². The molecular formula is C25H24N2O2. The van der Waals surface area contributed by atoms with Crippen LogP contribution in [0.15, 0.2) is 78.9 Å². The van der Waals surface area contributed by atoms with E-state index in [-0.39, 0.29) is 11.8 Å². The lowest BCUT2D eigenvalue weighted by molar-refractivity contribution is -0.126. The van der Waals surface area contributed by atoms with Gasteiger partial charge in [0.2, 0.25) is 5.91 Å². The van der Waals surface area contributed by atoms with Crippen molar-refractivity contribution in [2.45, 2.75) is 32.4 Å². The van der Waals surface area contributed by atoms with E-state index in [9.17, 15) is 9.59 Å². The molecule has 4 nitrogen and oxygen atoms in total. The van der Waals surface area contributed by atoms with Gasteiger partial charge in [-0.25, -0.2) is 0 Å². The van der Waals surface area contributed by atoms with Gasteiger partial charge < -0.3 is 5.32 Å². The summed E-state index contributed by atoms with van der Waals surface area (Å²) in [7, 11) is 0. The zero-order valence-corrected chi connectivity index (χ0v) is 16.7. The van der Waals surface area contributed by atoms with Gasteiger partial charge in [-0.1, -0.05) is 60.7 Å². The quantitative estimate of drug-likeness (QED) is 0.730. The molecule has 0 radical (unpaired) electrons. The average molecular weight is 384 g/mol. The van der Waals surface area contributed by atoms with E-state index in [1.54, 1.807) is 4.90 Å². The highest BCUT2D eigenvalue weighted by Crippen LogP contribution is 2.35. The fraction of sp³-hybridized carbons (Fsp3) is 0.200. The Kier molecular flexibility index (Phi) is 4.93. The third-order valence-electron chi connectivity index (χ3n) is 5.52. The second kappa shape index (κ2) is 7.55. The summed E-state index contributed by atoms with van der Waals surface area (Å²) in [5, 5.41) is 3.04. The minimum absolute atomic E-state index is 0.144. The Bertz CT molecular complexity index is 1060. The van der Waals surface area contributed by atoms with Gasteiger partial charge >= 0.3 is 0 Å². The zero-order valence-electron chi connectivity index (χ0n) is 16.7. The first-order chi connectivity index (χ1) is 14.0. The highest BCUT2D eigenvalue weighted by Gasteiger charge is 2.47. The molecule has 1 heterocycles. The Morgan fingerprint density at radius 1 is 1.00 bits per heavy atom. The van der Waals surface area contributed by atoms with Gasteiger partial charge in [0.05, 0.1) is 0 Å². The molecule has 0 saturated heterocycles. The van der Waals surface area contributed by atoms with Gasteiger partial charge in [0, 0.05) is 24.2 Å². The van der Waals surface area contributed by atoms with Gasteiger partial charge in [0.25, 0.3) is 5.91 Å². The summed E-state index contributed by atoms with van der Waals surface area (Å²) in [6.45, 7) is 4.26. The topological polar surface area (TPSA) is 49.4 Å². The van der Waals surface area contributed by atoms with Crippen LogP contribution in [0, 0.1) is 6.92 Å². The van der Waals surface area contributed by atoms with Crippen molar-refractivity contribution in [2.24, 2.45) is 0 Å². The van der Waals surface area contributed by atoms with E-state index >= 15 is 0 Å². The number of carbonyl (C=O) groups is 2. The first-order valence-corrected chi connectivity index (χ1v) is 9.80. The Morgan fingerprint density at radius 2 is 1.72 bits per heavy atom. The van der Waals surface area contributed by atoms with Crippen molar-refractivity contribution >= 4 is 17.5 Å². The van der Waals surface area contributed by atoms with E-state index in [1.807, 2.05) is 92.7 Å². The van der Waals surface area contributed by atoms with Crippen molar-refractivity contribution in [2.75, 3.05) is 4.90 Å². The summed E-state index contributed by atoms with van der Waals surface area (Å²) >= 11 is 0. The summed E-state index contributed by atoms with van der Waals surface area (Å²) < 4.78 is 0. The van der Waals surface area contributed by atoms with E-state index in [4.69, 9.17) is 0 Å². The number of amides is 2. The van der Waals surface area contributed by atoms with Crippen LogP contribution in [0.4, 0.5) is 5.69 Å². The maximum atomic E-state index is 13.5. The molecule has 0 spiro atoms. The Labute approximate surface area is 171 Å². The number of anilines is 1. The number of nitrogens with zero attached hydrogens (tertiary/aromatic N) is 1. The van der Waals surface area contributed by atoms with E-state index in [0.29, 0.717) is 18.5 Å². The van der Waals surface area contributed by atoms with Crippen LogP contribution in [-0.2, 0) is 17.8 Å². The summed E-state index contributed by atoms with van der Waals surface area (Å²) in [5.41, 5.74) is 3.34. The maximum Gasteiger partial charge on any atom is 0.259 e. The maximum absolute atomic E-state index is 13.5. The van der Waals surface area contributed by atoms with Crippen molar-refractivity contribution in [3.63, 3.8) is 0 Å². The molecule has 2 amide bonds. The third-order valence-corrected chi connectivity index (χ3v) is 5.52. The molecule has 1 aliphatic rings. The highest BCUT2D eigenvalue weighted by molar-refractivity contribution is 6.14. The van der Waals surface area contributed by atoms with Gasteiger partial charge in [0.15, 0.2) is 0 Å². The van der Waals surface area contributed by atoms with Gasteiger partial charge in [-0.15, -0.1) is 0 Å². The second-order valence-electron chi connectivity index (χ2n) is 7.76. The molecule has 29 heavy (non-hydrogen) atoms. The van der Waals surface area contributed by atoms with E-state index in [1.165, 1.54) is 0 Å². The van der Waals surface area contributed by atoms with Crippen LogP contribution in [0.1, 0.15) is 34.0 Å². The number of carbonyl (C=O) groups excluding carboxylic acids is 2. The number of nitrogens with one attached hydrogen (secondary N) is 1. The van der Waals surface area contributed by atoms with Crippen LogP contribution in [0.2, 0.25) is 0 Å². The molecule has 0 unspecified atom stereocenters. The molecule has 3 aromatic carbocycles. The molecular weight excluding hydrogens is 360 g/mol. The summed E-state index contributed by atoms with van der Waals surface area (Å²) in [4.78, 5) is 28.5. The number of hydrogen-bond donors (Lipinski definition) is 1. The van der Waals surface area contributed by atoms with E-state index in [0.717, 1.165) is 22.4 Å². The smallest absolute Gasteiger partial charge is 0.259 e. The minimum Gasteiger partial charge on any atom is -0.350 e. The predicted octanol–water partition coefficient (Wildman–Crippen LogP) is 4.27. The monoisotopic (exact) mass is 384 g/mol. The lowest BCUT2D eigenvalue weighted by Gasteiger charge is -2.44. The number of aryl methyl sites for hydroxylation is 1. The molecule has 4 rings (SSSR count). The molecule has 1 aliphatic heterocycles. The second-order valence-corrected chi connectivity index (χ2v) is 7.76. The highest BCUT2D eigenvalue weighted by atomic mass is 16.2. The van der Waals surface area contributed by atoms with E-state index < -0.39 is 5.54 Å². The first kappa shape index (κ1) is 18.9. The minimum atomic E-state index is -1.02. The molecule has 0 bridgehead atoms. The molecule has 0 fully saturated rings. The molecule has 0 aliphatic carbocycles. The molecule has 3 aromatic rings. The summed E-state index contributed by atoms with van der Waals surface area (Å²) in [6.07, 6.45) is 0.462. The van der Waals surface area contributed by atoms with Crippen LogP contribution >= 0.6 is 0 Å². The van der Waals surface area contributed by atoms with Crippen molar-refractivity contribution in [1.29, 1.82) is 0 Å². The zero-order chi connectivity index (χ0) is 20.4. The lowest BCUT2D eigenvalue weighted by Crippen LogP contribution is -2.63. The van der Waals surface area contributed by atoms with Gasteiger partial charge in [0.1, 0.15) is 5.54 Å². The van der Waals surface area contributed by atoms with Crippen LogP contribution in [-0.4, -0.2) is 17.4 Å². The van der Waals surface area contributed by atoms with E-state index in [2.05, 4.69) is 5.32 Å². The molecule has 0 saturated carbocycles. The molecule has 4 heteroatoms. The number of benzene rings is 3. The van der Waals surface area contributed by atoms with Crippen molar-refractivity contribution < 1.29 is 9.59 Å². The standard InChI is InChI=1S/C25H24N2O2/c1-18-9-8-13-21(15-18)27-23(28)22-14-7-6-12-20(22)16-25(27,2)24(29)26-17-19-10-4-3-5-11-19/h3-15H,16-17H2,1-2H3,(H,26,29)/t25-/m1/s1. The van der Waals surface area contributed by atoms with Crippen LogP contribution in [0.5, 0.6) is 0 Å². The summed E-state index contributed by atoms with van der Waals surface area (Å²) in [6, 6.07) is 25.1. The van der Waals surface area contributed by atoms with Crippen LogP contribution in [0.25, 0.3) is 0 Å². The third kappa shape index (κ3) is 3.54. The van der Waals surface area contributed by atoms with Gasteiger partial charge in [-0.3, -0.25) is 14.5 Å². The number of fused-ring (bicyclic) bond motifs is 1. The molecule has 0 aromatic heterocycles. The Morgan fingerprint density at radius 3 is 2.48 bits per heavy atom. The van der Waals surface area contributed by atoms with Gasteiger partial charge in [-0.05, 0) is 48.7 Å². The fourth-order valence-electron chi connectivity index (χ4n) is 4.00. The Hall–Kier alpha value is -3.40. The van der Waals surface area contributed by atoms with Crippen molar-refractivity contribution in [3.8, 4) is 0 Å². The van der Waals surface area contributed by atoms with Gasteiger partial charge in [-0.2, -0.15) is 0 Å². The molecule has 146 valence electrons. The first-order valence-electron chi connectivity index (χ1n) is 9.80. The normalized spacial score (nSPS) is 18.3. The fourth-order valence-corrected chi connectivity index (χ4v) is 4.00. The molecule has 1 N–H and O–H groups in total. The van der Waals surface area contributed by atoms with Crippen molar-refractivity contribution in [3.05, 3.63) is 101 Å². The molecule has 1 atom stereocenters. The Balaban J connectivity index is 1.73. The van der Waals surface area contributed by atoms with Crippen molar-refractivity contribution in [1.82, 2.24) is 5.32 Å². The number of rotatable bonds is 4. The summed E-state index contributed by atoms with van der Waals surface area (Å²) in [5.74, 6) is -0.305.